The summed E-state index contributed by atoms with van der Waals surface area (Å²) in [6.07, 6.45) is 2.92. The molecule has 0 unspecified atom stereocenters. The molecule has 0 atom stereocenters. The summed E-state index contributed by atoms with van der Waals surface area (Å²) in [4.78, 5) is 12.5. The summed E-state index contributed by atoms with van der Waals surface area (Å²) >= 11 is 6.03. The number of carbonyl (C=O) groups excluding carboxylic acids is 1. The van der Waals surface area contributed by atoms with E-state index in [1.165, 1.54) is 0 Å². The molecule has 1 saturated heterocycles. The van der Waals surface area contributed by atoms with Crippen LogP contribution in [-0.4, -0.2) is 25.2 Å². The third-order valence-electron chi connectivity index (χ3n) is 3.99. The summed E-state index contributed by atoms with van der Waals surface area (Å²) in [5, 5.41) is 3.76. The molecule has 0 bridgehead atoms. The largest absolute Gasteiger partial charge is 0.377 e. The van der Waals surface area contributed by atoms with E-state index in [4.69, 9.17) is 16.3 Å². The average molecular weight is 266 g/mol. The van der Waals surface area contributed by atoms with Crippen molar-refractivity contribution in [3.05, 3.63) is 34.9 Å². The molecule has 18 heavy (non-hydrogen) atoms. The van der Waals surface area contributed by atoms with Gasteiger partial charge in [0.1, 0.15) is 0 Å². The Morgan fingerprint density at radius 3 is 2.67 bits per heavy atom. The monoisotopic (exact) mass is 265 g/mol. The smallest absolute Gasteiger partial charge is 0.231 e. The van der Waals surface area contributed by atoms with Gasteiger partial charge in [0, 0.05) is 5.02 Å². The van der Waals surface area contributed by atoms with Gasteiger partial charge in [0.25, 0.3) is 0 Å². The van der Waals surface area contributed by atoms with Crippen molar-refractivity contribution >= 4 is 17.5 Å². The fraction of sp³-hybridized carbons (Fsp3) is 0.500. The first-order valence-corrected chi connectivity index (χ1v) is 6.73. The van der Waals surface area contributed by atoms with Crippen molar-refractivity contribution in [2.24, 2.45) is 0 Å². The van der Waals surface area contributed by atoms with Crippen LogP contribution in [0.4, 0.5) is 0 Å². The van der Waals surface area contributed by atoms with E-state index in [1.54, 1.807) is 0 Å². The van der Waals surface area contributed by atoms with Gasteiger partial charge in [0.15, 0.2) is 0 Å². The number of rotatable bonds is 3. The Labute approximate surface area is 111 Å². The minimum absolute atomic E-state index is 0.129. The molecule has 96 valence electrons. The minimum Gasteiger partial charge on any atom is -0.377 e. The summed E-state index contributed by atoms with van der Waals surface area (Å²) in [7, 11) is 0. The zero-order valence-corrected chi connectivity index (χ0v) is 10.9. The van der Waals surface area contributed by atoms with Crippen LogP contribution < -0.4 is 5.32 Å². The summed E-state index contributed by atoms with van der Waals surface area (Å²) in [5.41, 5.74) is 0.680. The average Bonchev–Trinajstić information content (AvgIpc) is 2.22. The number of ether oxygens (including phenoxy) is 1. The Morgan fingerprint density at radius 1 is 1.39 bits per heavy atom. The number of nitrogens with one attached hydrogen (secondary N) is 1. The zero-order valence-electron chi connectivity index (χ0n) is 10.1. The molecule has 3 rings (SSSR count). The molecule has 4 heteroatoms. The first-order valence-electron chi connectivity index (χ1n) is 6.35. The second-order valence-electron chi connectivity index (χ2n) is 5.15. The summed E-state index contributed by atoms with van der Waals surface area (Å²) in [6, 6.07) is 7.86. The first kappa shape index (κ1) is 12.0. The Hall–Kier alpha value is -1.06. The minimum atomic E-state index is -0.361. The molecule has 1 N–H and O–H groups in total. The maximum Gasteiger partial charge on any atom is 0.231 e. The molecule has 2 fully saturated rings. The maximum atomic E-state index is 12.5. The van der Waals surface area contributed by atoms with Crippen LogP contribution in [0, 0.1) is 0 Å². The molecule has 1 aliphatic carbocycles. The maximum absolute atomic E-state index is 12.5. The van der Waals surface area contributed by atoms with E-state index in [1.807, 2.05) is 24.3 Å². The molecule has 1 aromatic rings. The lowest BCUT2D eigenvalue weighted by atomic mass is 9.63. The predicted molar refractivity (Wildman–Crippen MR) is 69.7 cm³/mol. The number of halogens is 1. The van der Waals surface area contributed by atoms with Crippen LogP contribution in [0.5, 0.6) is 0 Å². The molecule has 1 saturated carbocycles. The number of hydrogen-bond acceptors (Lipinski definition) is 2. The van der Waals surface area contributed by atoms with Gasteiger partial charge in [-0.05, 0) is 30.5 Å². The third-order valence-corrected chi connectivity index (χ3v) is 4.23. The van der Waals surface area contributed by atoms with Crippen molar-refractivity contribution in [3.63, 3.8) is 0 Å². The Kier molecular flexibility index (Phi) is 3.04. The van der Waals surface area contributed by atoms with E-state index < -0.39 is 0 Å². The molecular weight excluding hydrogens is 250 g/mol. The number of amides is 1. The van der Waals surface area contributed by atoms with Crippen LogP contribution in [0.3, 0.4) is 0 Å². The van der Waals surface area contributed by atoms with Crippen LogP contribution >= 0.6 is 11.6 Å². The van der Waals surface area contributed by atoms with Gasteiger partial charge in [-0.2, -0.15) is 0 Å². The Morgan fingerprint density at radius 2 is 2.17 bits per heavy atom. The molecule has 1 amide bonds. The van der Waals surface area contributed by atoms with E-state index in [0.29, 0.717) is 18.2 Å². The van der Waals surface area contributed by atoms with Crippen LogP contribution in [0.15, 0.2) is 24.3 Å². The Balaban J connectivity index is 1.82. The SMILES string of the molecule is O=C(NC1COC1)C1(c2cccc(Cl)c2)CCC1. The lowest BCUT2D eigenvalue weighted by Crippen LogP contribution is -2.57. The summed E-state index contributed by atoms with van der Waals surface area (Å²) in [5.74, 6) is 0.129. The van der Waals surface area contributed by atoms with Crippen molar-refractivity contribution in [1.82, 2.24) is 5.32 Å². The molecule has 0 spiro atoms. The van der Waals surface area contributed by atoms with E-state index >= 15 is 0 Å². The fourth-order valence-electron chi connectivity index (χ4n) is 2.61. The quantitative estimate of drug-likeness (QED) is 0.911. The number of hydrogen-bond donors (Lipinski definition) is 1. The highest BCUT2D eigenvalue weighted by atomic mass is 35.5. The molecule has 1 heterocycles. The molecule has 1 aliphatic heterocycles. The van der Waals surface area contributed by atoms with Gasteiger partial charge in [-0.1, -0.05) is 30.2 Å². The second-order valence-corrected chi connectivity index (χ2v) is 5.59. The van der Waals surface area contributed by atoms with Gasteiger partial charge < -0.3 is 10.1 Å². The van der Waals surface area contributed by atoms with E-state index in [2.05, 4.69) is 5.32 Å². The van der Waals surface area contributed by atoms with Gasteiger partial charge in [0.05, 0.1) is 24.7 Å². The normalized spacial score (nSPS) is 21.8. The van der Waals surface area contributed by atoms with E-state index in [0.717, 1.165) is 24.8 Å². The fourth-order valence-corrected chi connectivity index (χ4v) is 2.80. The van der Waals surface area contributed by atoms with Gasteiger partial charge in [0.2, 0.25) is 5.91 Å². The molecule has 3 nitrogen and oxygen atoms in total. The van der Waals surface area contributed by atoms with Gasteiger partial charge in [-0.15, -0.1) is 0 Å². The van der Waals surface area contributed by atoms with Gasteiger partial charge in [-0.3, -0.25) is 4.79 Å². The topological polar surface area (TPSA) is 38.3 Å². The summed E-state index contributed by atoms with van der Waals surface area (Å²) in [6.45, 7) is 1.27. The van der Waals surface area contributed by atoms with Crippen molar-refractivity contribution in [2.75, 3.05) is 13.2 Å². The molecule has 2 aliphatic rings. The van der Waals surface area contributed by atoms with Gasteiger partial charge >= 0.3 is 0 Å². The second kappa shape index (κ2) is 4.56. The molecular formula is C14H16ClNO2. The van der Waals surface area contributed by atoms with Crippen LogP contribution in [-0.2, 0) is 14.9 Å². The van der Waals surface area contributed by atoms with Crippen molar-refractivity contribution < 1.29 is 9.53 Å². The van der Waals surface area contributed by atoms with E-state index in [9.17, 15) is 4.79 Å². The van der Waals surface area contributed by atoms with Crippen molar-refractivity contribution in [1.29, 1.82) is 0 Å². The lowest BCUT2D eigenvalue weighted by molar-refractivity contribution is -0.134. The Bertz CT molecular complexity index is 467. The molecule has 0 aromatic heterocycles. The lowest BCUT2D eigenvalue weighted by Gasteiger charge is -2.42. The highest BCUT2D eigenvalue weighted by Gasteiger charge is 2.46. The van der Waals surface area contributed by atoms with Crippen molar-refractivity contribution in [3.8, 4) is 0 Å². The third kappa shape index (κ3) is 1.91. The number of benzene rings is 1. The van der Waals surface area contributed by atoms with E-state index in [-0.39, 0.29) is 17.4 Å². The van der Waals surface area contributed by atoms with Crippen molar-refractivity contribution in [2.45, 2.75) is 30.7 Å². The first-order chi connectivity index (χ1) is 8.71. The standard InChI is InChI=1S/C14H16ClNO2/c15-11-4-1-3-10(7-11)14(5-2-6-14)13(17)16-12-8-18-9-12/h1,3-4,7,12H,2,5-6,8-9H2,(H,16,17). The summed E-state index contributed by atoms with van der Waals surface area (Å²) < 4.78 is 5.09. The number of carbonyl (C=O) groups is 1. The van der Waals surface area contributed by atoms with Crippen LogP contribution in [0.1, 0.15) is 24.8 Å². The predicted octanol–water partition coefficient (Wildman–Crippen LogP) is 2.28. The van der Waals surface area contributed by atoms with Gasteiger partial charge in [-0.25, -0.2) is 0 Å². The van der Waals surface area contributed by atoms with Crippen LogP contribution in [0.2, 0.25) is 5.02 Å². The highest BCUT2D eigenvalue weighted by Crippen LogP contribution is 2.44. The highest BCUT2D eigenvalue weighted by molar-refractivity contribution is 6.30. The zero-order chi connectivity index (χ0) is 12.6. The molecule has 0 radical (unpaired) electrons. The molecule has 1 aromatic carbocycles. The van der Waals surface area contributed by atoms with Crippen LogP contribution in [0.25, 0.3) is 0 Å².